The highest BCUT2D eigenvalue weighted by molar-refractivity contribution is 6.09. The topological polar surface area (TPSA) is 96.7 Å². The average molecular weight is 497 g/mol. The van der Waals surface area contributed by atoms with Crippen molar-refractivity contribution >= 4 is 27.6 Å². The third-order valence-corrected chi connectivity index (χ3v) is 8.28. The molecule has 188 valence electrons. The Balaban J connectivity index is 1.51. The van der Waals surface area contributed by atoms with Crippen molar-refractivity contribution in [2.45, 2.75) is 38.6 Å². The average Bonchev–Trinajstić information content (AvgIpc) is 3.30. The molecule has 1 fully saturated rings. The van der Waals surface area contributed by atoms with E-state index in [0.717, 1.165) is 65.7 Å². The summed E-state index contributed by atoms with van der Waals surface area (Å²) in [5.74, 6) is -0.706. The number of fused-ring (bicyclic) bond motifs is 7. The predicted octanol–water partition coefficient (Wildman–Crippen LogP) is 2.64. The highest BCUT2D eigenvalue weighted by Gasteiger charge is 2.45. The minimum atomic E-state index is -1.83. The molecule has 0 radical (unpaired) electrons. The molecule has 1 atom stereocenters. The van der Waals surface area contributed by atoms with Gasteiger partial charge in [0.2, 0.25) is 0 Å². The summed E-state index contributed by atoms with van der Waals surface area (Å²) in [6.45, 7) is 6.56. The monoisotopic (exact) mass is 496 g/mol. The number of esters is 1. The molecule has 0 bridgehead atoms. The van der Waals surface area contributed by atoms with Crippen molar-refractivity contribution in [1.29, 1.82) is 0 Å². The van der Waals surface area contributed by atoms with Gasteiger partial charge >= 0.3 is 5.97 Å². The van der Waals surface area contributed by atoms with E-state index < -0.39 is 11.6 Å². The summed E-state index contributed by atoms with van der Waals surface area (Å²) in [7, 11) is 0. The smallest absolute Gasteiger partial charge is 0.343 e. The van der Waals surface area contributed by atoms with Crippen LogP contribution in [0.2, 0.25) is 0 Å². The van der Waals surface area contributed by atoms with E-state index in [1.165, 1.54) is 5.56 Å². The zero-order valence-corrected chi connectivity index (χ0v) is 20.7. The molecule has 37 heavy (non-hydrogen) atoms. The molecule has 1 saturated heterocycles. The number of benzene rings is 2. The maximum absolute atomic E-state index is 13.7. The lowest BCUT2D eigenvalue weighted by Crippen LogP contribution is -2.44. The number of cyclic esters (lactones) is 1. The number of aliphatic hydroxyl groups is 1. The normalized spacial score (nSPS) is 21.1. The van der Waals surface area contributed by atoms with Crippen LogP contribution in [0.25, 0.3) is 33.1 Å². The van der Waals surface area contributed by atoms with Gasteiger partial charge in [-0.05, 0) is 34.9 Å². The van der Waals surface area contributed by atoms with Crippen molar-refractivity contribution in [2.24, 2.45) is 0 Å². The number of rotatable bonds is 3. The summed E-state index contributed by atoms with van der Waals surface area (Å²) in [5.41, 5.74) is 3.15. The zero-order valence-electron chi connectivity index (χ0n) is 20.7. The van der Waals surface area contributed by atoms with E-state index in [4.69, 9.17) is 9.72 Å². The van der Waals surface area contributed by atoms with Gasteiger partial charge in [0.05, 0.1) is 29.0 Å². The Morgan fingerprint density at radius 3 is 2.73 bits per heavy atom. The molecule has 0 unspecified atom stereocenters. The number of carbonyl (C=O) groups excluding carboxylic acids is 1. The molecule has 0 spiro atoms. The van der Waals surface area contributed by atoms with Gasteiger partial charge in [0.15, 0.2) is 5.60 Å². The number of hydrogen-bond donors (Lipinski definition) is 2. The molecule has 3 aliphatic rings. The molecule has 8 heteroatoms. The summed E-state index contributed by atoms with van der Waals surface area (Å²) in [6.07, 6.45) is 0.125. The molecular formula is C29H28N4O4. The summed E-state index contributed by atoms with van der Waals surface area (Å²) < 4.78 is 6.96. The first-order valence-electron chi connectivity index (χ1n) is 12.9. The first-order chi connectivity index (χ1) is 18.0. The Hall–Kier alpha value is -3.59. The molecule has 8 nitrogen and oxygen atoms in total. The van der Waals surface area contributed by atoms with E-state index in [1.54, 1.807) is 17.6 Å². The molecule has 7 rings (SSSR count). The molecule has 5 heterocycles. The molecule has 2 aromatic carbocycles. The lowest BCUT2D eigenvalue weighted by Gasteiger charge is -2.31. The third-order valence-electron chi connectivity index (χ3n) is 8.28. The molecule has 0 amide bonds. The van der Waals surface area contributed by atoms with Crippen LogP contribution in [0.1, 0.15) is 35.6 Å². The van der Waals surface area contributed by atoms with Gasteiger partial charge in [0, 0.05) is 49.2 Å². The van der Waals surface area contributed by atoms with Crippen LogP contribution in [-0.4, -0.2) is 51.7 Å². The van der Waals surface area contributed by atoms with Gasteiger partial charge in [-0.3, -0.25) is 9.69 Å². The number of ether oxygens (including phenoxy) is 1. The predicted molar refractivity (Wildman–Crippen MR) is 140 cm³/mol. The lowest BCUT2D eigenvalue weighted by molar-refractivity contribution is -0.172. The fraction of sp³-hybridized carbons (Fsp3) is 0.345. The van der Waals surface area contributed by atoms with Crippen LogP contribution in [0.5, 0.6) is 0 Å². The highest BCUT2D eigenvalue weighted by Crippen LogP contribution is 2.41. The van der Waals surface area contributed by atoms with Crippen LogP contribution in [0, 0.1) is 0 Å². The second-order valence-electron chi connectivity index (χ2n) is 10.2. The molecular weight excluding hydrogens is 468 g/mol. The van der Waals surface area contributed by atoms with E-state index in [9.17, 15) is 14.7 Å². The van der Waals surface area contributed by atoms with Crippen LogP contribution in [0.4, 0.5) is 0 Å². The number of nitrogens with one attached hydrogen (secondary N) is 1. The number of pyridine rings is 2. The number of hydrogen-bond acceptors (Lipinski definition) is 7. The summed E-state index contributed by atoms with van der Waals surface area (Å²) in [5, 5.41) is 18.1. The maximum atomic E-state index is 13.7. The van der Waals surface area contributed by atoms with Gasteiger partial charge in [0.1, 0.15) is 6.61 Å². The van der Waals surface area contributed by atoms with Crippen molar-refractivity contribution < 1.29 is 14.6 Å². The minimum absolute atomic E-state index is 0.125. The Kier molecular flexibility index (Phi) is 5.01. The fourth-order valence-electron chi connectivity index (χ4n) is 6.21. The van der Waals surface area contributed by atoms with Gasteiger partial charge in [0.25, 0.3) is 5.56 Å². The second kappa shape index (κ2) is 8.21. The largest absolute Gasteiger partial charge is 0.458 e. The van der Waals surface area contributed by atoms with Crippen molar-refractivity contribution in [3.8, 4) is 11.4 Å². The highest BCUT2D eigenvalue weighted by atomic mass is 16.6. The standard InChI is InChI=1S/C29H28N4O4/c1-2-29(36)22-13-24-26-20(15-33(24)27(34)21(22)16-37-28(29)35)19(14-32-11-9-30-10-12-32)25-18-6-4-3-5-17(18)7-8-23(25)31-26/h3-8,13,30,36H,2,9-12,14-16H2,1H3/t29-/m0/s1. The number of carbonyl (C=O) groups is 1. The van der Waals surface area contributed by atoms with Crippen molar-refractivity contribution in [3.63, 3.8) is 0 Å². The Labute approximate surface area is 213 Å². The SMILES string of the molecule is CC[C@@]1(O)C(=O)OCc2c1cc1n(c2=O)Cc2c-1nc1ccc3ccccc3c1c2CN1CCNCC1. The Morgan fingerprint density at radius 2 is 1.92 bits per heavy atom. The molecule has 0 saturated carbocycles. The van der Waals surface area contributed by atoms with Gasteiger partial charge in [-0.15, -0.1) is 0 Å². The van der Waals surface area contributed by atoms with E-state index in [-0.39, 0.29) is 18.6 Å². The zero-order chi connectivity index (χ0) is 25.3. The lowest BCUT2D eigenvalue weighted by atomic mass is 9.86. The maximum Gasteiger partial charge on any atom is 0.343 e. The summed E-state index contributed by atoms with van der Waals surface area (Å²) in [4.78, 5) is 33.8. The van der Waals surface area contributed by atoms with Gasteiger partial charge in [-0.25, -0.2) is 9.78 Å². The Bertz CT molecular complexity index is 1670. The van der Waals surface area contributed by atoms with E-state index in [1.807, 2.05) is 6.07 Å². The summed E-state index contributed by atoms with van der Waals surface area (Å²) in [6, 6.07) is 14.3. The molecule has 3 aliphatic heterocycles. The molecule has 0 aliphatic carbocycles. The number of piperazine rings is 1. The van der Waals surface area contributed by atoms with Crippen LogP contribution in [0.3, 0.4) is 0 Å². The van der Waals surface area contributed by atoms with Crippen LogP contribution >= 0.6 is 0 Å². The number of nitrogens with zero attached hydrogens (tertiary/aromatic N) is 3. The van der Waals surface area contributed by atoms with Gasteiger partial charge in [-0.1, -0.05) is 37.3 Å². The molecule has 4 aromatic rings. The van der Waals surface area contributed by atoms with Crippen LogP contribution < -0.4 is 10.9 Å². The van der Waals surface area contributed by atoms with Crippen molar-refractivity contribution in [3.05, 3.63) is 75.1 Å². The first-order valence-corrected chi connectivity index (χ1v) is 12.9. The van der Waals surface area contributed by atoms with Gasteiger partial charge in [-0.2, -0.15) is 0 Å². The second-order valence-corrected chi connectivity index (χ2v) is 10.2. The van der Waals surface area contributed by atoms with Crippen LogP contribution in [-0.2, 0) is 34.8 Å². The van der Waals surface area contributed by atoms with E-state index in [2.05, 4.69) is 40.5 Å². The van der Waals surface area contributed by atoms with E-state index in [0.29, 0.717) is 23.4 Å². The minimum Gasteiger partial charge on any atom is -0.458 e. The van der Waals surface area contributed by atoms with Crippen LogP contribution in [0.15, 0.2) is 47.3 Å². The first kappa shape index (κ1) is 22.6. The number of aromatic nitrogens is 2. The molecule has 2 N–H and O–H groups in total. The van der Waals surface area contributed by atoms with Gasteiger partial charge < -0.3 is 19.7 Å². The fourth-order valence-corrected chi connectivity index (χ4v) is 6.21. The molecule has 2 aromatic heterocycles. The Morgan fingerprint density at radius 1 is 1.11 bits per heavy atom. The van der Waals surface area contributed by atoms with Crippen molar-refractivity contribution in [1.82, 2.24) is 19.8 Å². The van der Waals surface area contributed by atoms with E-state index >= 15 is 0 Å². The quantitative estimate of drug-likeness (QED) is 0.293. The summed E-state index contributed by atoms with van der Waals surface area (Å²) >= 11 is 0. The third kappa shape index (κ3) is 3.22. The van der Waals surface area contributed by atoms with Crippen molar-refractivity contribution in [2.75, 3.05) is 26.2 Å².